The molecule has 1 atom stereocenters. The first-order valence-corrected chi connectivity index (χ1v) is 9.73. The van der Waals surface area contributed by atoms with E-state index in [0.717, 1.165) is 50.0 Å². The third kappa shape index (κ3) is 5.58. The van der Waals surface area contributed by atoms with Crippen LogP contribution in [-0.2, 0) is 13.0 Å². The average Bonchev–Trinajstić information content (AvgIpc) is 3.19. The summed E-state index contributed by atoms with van der Waals surface area (Å²) in [4.78, 5) is 5.10. The van der Waals surface area contributed by atoms with Gasteiger partial charge in [0, 0.05) is 32.2 Å². The van der Waals surface area contributed by atoms with Gasteiger partial charge in [-0.25, -0.2) is 0 Å². The van der Waals surface area contributed by atoms with Crippen LogP contribution in [0.5, 0.6) is 5.75 Å². The Hall–Kier alpha value is -1.85. The molecule has 1 aromatic carbocycles. The van der Waals surface area contributed by atoms with Gasteiger partial charge in [-0.2, -0.15) is 0 Å². The lowest BCUT2D eigenvalue weighted by Gasteiger charge is -2.35. The van der Waals surface area contributed by atoms with Gasteiger partial charge in [0.25, 0.3) is 0 Å². The second kappa shape index (κ2) is 9.74. The predicted molar refractivity (Wildman–Crippen MR) is 103 cm³/mol. The molecule has 0 spiro atoms. The molecule has 1 aromatic heterocycles. The molecule has 0 saturated carbocycles. The Labute approximate surface area is 156 Å². The second-order valence-electron chi connectivity index (χ2n) is 7.23. The molecule has 0 aliphatic carbocycles. The number of hydrogen-bond acceptors (Lipinski definition) is 5. The van der Waals surface area contributed by atoms with Gasteiger partial charge in [-0.15, -0.1) is 0 Å². The van der Waals surface area contributed by atoms with Gasteiger partial charge >= 0.3 is 0 Å². The Morgan fingerprint density at radius 3 is 3.04 bits per heavy atom. The van der Waals surface area contributed by atoms with Gasteiger partial charge in [0.15, 0.2) is 0 Å². The van der Waals surface area contributed by atoms with Crippen molar-refractivity contribution in [1.29, 1.82) is 0 Å². The molecule has 1 saturated heterocycles. The van der Waals surface area contributed by atoms with Crippen LogP contribution in [0.1, 0.15) is 31.0 Å². The number of piperidine rings is 1. The highest BCUT2D eigenvalue weighted by atomic mass is 16.5. The average molecular weight is 357 g/mol. The van der Waals surface area contributed by atoms with E-state index in [0.29, 0.717) is 0 Å². The van der Waals surface area contributed by atoms with Crippen LogP contribution in [0.25, 0.3) is 0 Å². The van der Waals surface area contributed by atoms with Gasteiger partial charge in [0.2, 0.25) is 0 Å². The Morgan fingerprint density at radius 1 is 1.35 bits per heavy atom. The molecule has 2 heterocycles. The molecule has 2 aromatic rings. The molecule has 142 valence electrons. The van der Waals surface area contributed by atoms with Gasteiger partial charge in [0.1, 0.15) is 12.0 Å². The lowest BCUT2D eigenvalue weighted by atomic mass is 9.96. The zero-order valence-electron chi connectivity index (χ0n) is 16.1. The molecule has 3 rings (SSSR count). The van der Waals surface area contributed by atoms with Crippen molar-refractivity contribution in [3.63, 3.8) is 0 Å². The summed E-state index contributed by atoms with van der Waals surface area (Å²) in [5.41, 5.74) is 2.38. The Morgan fingerprint density at radius 2 is 2.27 bits per heavy atom. The fourth-order valence-corrected chi connectivity index (χ4v) is 3.84. The molecule has 0 unspecified atom stereocenters. The minimum atomic E-state index is 0.737. The molecular formula is C21H31N3O2. The zero-order valence-corrected chi connectivity index (χ0v) is 16.1. The smallest absolute Gasteiger partial charge is 0.124 e. The van der Waals surface area contributed by atoms with Crippen molar-refractivity contribution in [3.8, 4) is 5.75 Å². The Balaban J connectivity index is 1.47. The molecule has 0 N–H and O–H groups in total. The maximum atomic E-state index is 5.33. The summed E-state index contributed by atoms with van der Waals surface area (Å²) in [5.74, 6) is 1.69. The van der Waals surface area contributed by atoms with Gasteiger partial charge in [-0.3, -0.25) is 4.90 Å². The summed E-state index contributed by atoms with van der Waals surface area (Å²) in [7, 11) is 1.73. The monoisotopic (exact) mass is 357 g/mol. The molecule has 1 fully saturated rings. The topological polar surface area (TPSA) is 41.7 Å². The largest absolute Gasteiger partial charge is 0.497 e. The number of methoxy groups -OCH3 is 1. The lowest BCUT2D eigenvalue weighted by molar-refractivity contribution is 0.132. The van der Waals surface area contributed by atoms with E-state index >= 15 is 0 Å². The number of likely N-dealkylation sites (tertiary alicyclic amines) is 1. The molecule has 1 aliphatic heterocycles. The first-order chi connectivity index (χ1) is 12.8. The van der Waals surface area contributed by atoms with Gasteiger partial charge in [-0.1, -0.05) is 24.2 Å². The molecule has 0 bridgehead atoms. The number of hydrogen-bond donors (Lipinski definition) is 0. The van der Waals surface area contributed by atoms with Crippen molar-refractivity contribution >= 4 is 0 Å². The third-order valence-electron chi connectivity index (χ3n) is 5.29. The highest BCUT2D eigenvalue weighted by Crippen LogP contribution is 2.20. The van der Waals surface area contributed by atoms with Crippen LogP contribution in [0.15, 0.2) is 41.1 Å². The minimum Gasteiger partial charge on any atom is -0.497 e. The molecule has 5 nitrogen and oxygen atoms in total. The minimum absolute atomic E-state index is 0.737. The second-order valence-corrected chi connectivity index (χ2v) is 7.23. The molecule has 5 heteroatoms. The van der Waals surface area contributed by atoms with Crippen molar-refractivity contribution < 1.29 is 9.26 Å². The van der Waals surface area contributed by atoms with E-state index in [1.165, 1.54) is 31.5 Å². The zero-order chi connectivity index (χ0) is 18.2. The number of nitrogens with zero attached hydrogens (tertiary/aromatic N) is 3. The summed E-state index contributed by atoms with van der Waals surface area (Å²) in [6, 6.07) is 10.4. The summed E-state index contributed by atoms with van der Waals surface area (Å²) >= 11 is 0. The fraction of sp³-hybridized carbons (Fsp3) is 0.571. The quantitative estimate of drug-likeness (QED) is 0.687. The summed E-state index contributed by atoms with van der Waals surface area (Å²) in [6.07, 6.45) is 5.36. The number of rotatable bonds is 9. The molecule has 1 aliphatic rings. The van der Waals surface area contributed by atoms with Crippen molar-refractivity contribution in [1.82, 2.24) is 15.0 Å². The van der Waals surface area contributed by atoms with Crippen molar-refractivity contribution in [2.45, 2.75) is 32.7 Å². The van der Waals surface area contributed by atoms with Crippen LogP contribution in [0.3, 0.4) is 0 Å². The van der Waals surface area contributed by atoms with Gasteiger partial charge < -0.3 is 14.2 Å². The first-order valence-electron chi connectivity index (χ1n) is 9.73. The SMILES string of the molecule is CCN(Cc1ccon1)C[C@H]1CCCN(CCc2cccc(OC)c2)C1. The van der Waals surface area contributed by atoms with E-state index < -0.39 is 0 Å². The summed E-state index contributed by atoms with van der Waals surface area (Å²) < 4.78 is 10.3. The Bertz CT molecular complexity index is 644. The number of benzene rings is 1. The van der Waals surface area contributed by atoms with Crippen LogP contribution >= 0.6 is 0 Å². The molecule has 0 amide bonds. The summed E-state index contributed by atoms with van der Waals surface area (Å²) in [5, 5.41) is 4.05. The van der Waals surface area contributed by atoms with E-state index in [4.69, 9.17) is 9.26 Å². The van der Waals surface area contributed by atoms with Crippen LogP contribution < -0.4 is 4.74 Å². The third-order valence-corrected chi connectivity index (χ3v) is 5.29. The molecule has 0 radical (unpaired) electrons. The van der Waals surface area contributed by atoms with Gasteiger partial charge in [0.05, 0.1) is 12.8 Å². The van der Waals surface area contributed by atoms with Crippen molar-refractivity contribution in [2.24, 2.45) is 5.92 Å². The number of ether oxygens (including phenoxy) is 1. The standard InChI is InChI=1S/C21H31N3O2/c1-3-23(17-20-10-13-26-22-20)15-19-7-5-11-24(16-19)12-9-18-6-4-8-21(14-18)25-2/h4,6,8,10,13-14,19H,3,5,7,9,11-12,15-17H2,1-2H3/t19-/m1/s1. The van der Waals surface area contributed by atoms with E-state index in [-0.39, 0.29) is 0 Å². The van der Waals surface area contributed by atoms with Crippen LogP contribution in [0, 0.1) is 5.92 Å². The van der Waals surface area contributed by atoms with Crippen molar-refractivity contribution in [3.05, 3.63) is 47.9 Å². The first kappa shape index (κ1) is 18.9. The molecular weight excluding hydrogens is 326 g/mol. The van der Waals surface area contributed by atoms with Crippen molar-refractivity contribution in [2.75, 3.05) is 39.8 Å². The maximum Gasteiger partial charge on any atom is 0.124 e. The van der Waals surface area contributed by atoms with Gasteiger partial charge in [-0.05, 0) is 56.0 Å². The van der Waals surface area contributed by atoms with E-state index in [2.05, 4.69) is 40.1 Å². The summed E-state index contributed by atoms with van der Waals surface area (Å²) in [6.45, 7) is 8.83. The maximum absolute atomic E-state index is 5.33. The predicted octanol–water partition coefficient (Wildman–Crippen LogP) is 3.46. The fourth-order valence-electron chi connectivity index (χ4n) is 3.84. The van der Waals surface area contributed by atoms with E-state index in [9.17, 15) is 0 Å². The highest BCUT2D eigenvalue weighted by Gasteiger charge is 2.22. The van der Waals surface area contributed by atoms with Crippen LogP contribution in [0.4, 0.5) is 0 Å². The van der Waals surface area contributed by atoms with Crippen LogP contribution in [0.2, 0.25) is 0 Å². The Kier molecular flexibility index (Phi) is 7.09. The normalized spacial score (nSPS) is 18.3. The number of aromatic nitrogens is 1. The van der Waals surface area contributed by atoms with E-state index in [1.54, 1.807) is 13.4 Å². The lowest BCUT2D eigenvalue weighted by Crippen LogP contribution is -2.41. The molecule has 26 heavy (non-hydrogen) atoms. The van der Waals surface area contributed by atoms with Crippen LogP contribution in [-0.4, -0.2) is 54.8 Å². The highest BCUT2D eigenvalue weighted by molar-refractivity contribution is 5.28. The van der Waals surface area contributed by atoms with E-state index in [1.807, 2.05) is 12.1 Å².